The number of nitrogens with zero attached hydrogens (tertiary/aromatic N) is 1. The zero-order valence-corrected chi connectivity index (χ0v) is 25.9. The monoisotopic (exact) mass is 615 g/mol. The topological polar surface area (TPSA) is 156 Å². The van der Waals surface area contributed by atoms with Crippen molar-refractivity contribution in [2.75, 3.05) is 11.3 Å². The molecule has 10 nitrogen and oxygen atoms in total. The molecule has 0 fully saturated rings. The number of carbonyl (C=O) groups excluding carboxylic acids is 1. The Hall–Kier alpha value is -3.73. The molecule has 0 saturated carbocycles. The zero-order chi connectivity index (χ0) is 31.5. The van der Waals surface area contributed by atoms with Crippen LogP contribution in [0.25, 0.3) is 0 Å². The Morgan fingerprint density at radius 2 is 1.44 bits per heavy atom. The van der Waals surface area contributed by atoms with E-state index in [-0.39, 0.29) is 11.3 Å². The summed E-state index contributed by atoms with van der Waals surface area (Å²) in [4.78, 5) is 34.2. The third kappa shape index (κ3) is 13.0. The minimum absolute atomic E-state index is 0.0646. The minimum atomic E-state index is -4.52. The maximum Gasteiger partial charge on any atom is 0.337 e. The van der Waals surface area contributed by atoms with Crippen molar-refractivity contribution in [1.82, 2.24) is 5.32 Å². The van der Waals surface area contributed by atoms with Crippen LogP contribution < -0.4 is 10.0 Å². The lowest BCUT2D eigenvalue weighted by Crippen LogP contribution is -2.25. The van der Waals surface area contributed by atoms with Gasteiger partial charge in [0.2, 0.25) is 0 Å². The van der Waals surface area contributed by atoms with Crippen molar-refractivity contribution in [3.63, 3.8) is 0 Å². The van der Waals surface area contributed by atoms with E-state index in [1.165, 1.54) is 76.0 Å². The SMILES string of the molecule is CCCCCCCC/C=C\CCCCCCCCNC(=O)c1ccc(C(=O)O)c(NS(=O)(=O)c2ccccc2[N+](=O)[O-])c1. The van der Waals surface area contributed by atoms with Gasteiger partial charge in [0.25, 0.3) is 21.6 Å². The number of nitrogens with one attached hydrogen (secondary N) is 2. The largest absolute Gasteiger partial charge is 0.478 e. The fraction of sp³-hybridized carbons (Fsp3) is 0.500. The van der Waals surface area contributed by atoms with Gasteiger partial charge < -0.3 is 10.4 Å². The number of rotatable bonds is 22. The summed E-state index contributed by atoms with van der Waals surface area (Å²) in [5, 5.41) is 23.6. The summed E-state index contributed by atoms with van der Waals surface area (Å²) in [6.45, 7) is 2.67. The second-order valence-electron chi connectivity index (χ2n) is 10.6. The number of allylic oxidation sites excluding steroid dienone is 2. The summed E-state index contributed by atoms with van der Waals surface area (Å²) >= 11 is 0. The van der Waals surface area contributed by atoms with Crippen LogP contribution in [0.5, 0.6) is 0 Å². The molecule has 2 rings (SSSR count). The minimum Gasteiger partial charge on any atom is -0.478 e. The summed E-state index contributed by atoms with van der Waals surface area (Å²) in [5.74, 6) is -1.90. The number of aromatic carboxylic acids is 1. The summed E-state index contributed by atoms with van der Waals surface area (Å²) in [7, 11) is -4.52. The van der Waals surface area contributed by atoms with E-state index in [1.807, 2.05) is 0 Å². The van der Waals surface area contributed by atoms with Gasteiger partial charge in [-0.2, -0.15) is 0 Å². The number of nitro benzene ring substituents is 1. The Kier molecular flexibility index (Phi) is 16.0. The average molecular weight is 616 g/mol. The normalized spacial score (nSPS) is 11.5. The lowest BCUT2D eigenvalue weighted by molar-refractivity contribution is -0.387. The number of hydrogen-bond donors (Lipinski definition) is 3. The van der Waals surface area contributed by atoms with Crippen LogP contribution in [0, 0.1) is 10.1 Å². The van der Waals surface area contributed by atoms with Crippen LogP contribution in [-0.4, -0.2) is 36.9 Å². The molecular formula is C32H45N3O7S. The van der Waals surface area contributed by atoms with Crippen LogP contribution in [0.3, 0.4) is 0 Å². The first kappa shape index (κ1) is 35.5. The molecule has 0 aromatic heterocycles. The molecular weight excluding hydrogens is 570 g/mol. The first-order valence-corrected chi connectivity index (χ1v) is 16.7. The van der Waals surface area contributed by atoms with Gasteiger partial charge in [0.15, 0.2) is 4.90 Å². The molecule has 2 aromatic carbocycles. The number of benzene rings is 2. The number of carbonyl (C=O) groups is 2. The lowest BCUT2D eigenvalue weighted by Gasteiger charge is -2.13. The second-order valence-corrected chi connectivity index (χ2v) is 12.2. The van der Waals surface area contributed by atoms with Crippen molar-refractivity contribution < 1.29 is 28.0 Å². The van der Waals surface area contributed by atoms with Crippen LogP contribution in [0.15, 0.2) is 59.5 Å². The molecule has 0 spiro atoms. The molecule has 0 unspecified atom stereocenters. The van der Waals surface area contributed by atoms with E-state index in [9.17, 15) is 33.2 Å². The average Bonchev–Trinajstić information content (AvgIpc) is 2.98. The highest BCUT2D eigenvalue weighted by atomic mass is 32.2. The van der Waals surface area contributed by atoms with E-state index in [0.29, 0.717) is 6.54 Å². The molecule has 1 amide bonds. The van der Waals surface area contributed by atoms with Crippen LogP contribution in [0.4, 0.5) is 11.4 Å². The first-order chi connectivity index (χ1) is 20.7. The molecule has 0 aliphatic carbocycles. The molecule has 0 aliphatic heterocycles. The van der Waals surface area contributed by atoms with Crippen molar-refractivity contribution in [2.45, 2.75) is 102 Å². The van der Waals surface area contributed by atoms with E-state index >= 15 is 0 Å². The van der Waals surface area contributed by atoms with Crippen molar-refractivity contribution in [3.05, 3.63) is 75.9 Å². The van der Waals surface area contributed by atoms with Gasteiger partial charge in [-0.05, 0) is 56.4 Å². The molecule has 3 N–H and O–H groups in total. The van der Waals surface area contributed by atoms with Crippen molar-refractivity contribution in [2.24, 2.45) is 0 Å². The standard InChI is InChI=1S/C32H45N3O7S/c1-2-3-4-5-6-7-8-9-10-11-12-13-14-15-16-19-24-33-31(36)26-22-23-27(32(37)38)28(25-26)34-43(41,42)30-21-18-17-20-29(30)35(39)40/h9-10,17-18,20-23,25,34H,2-8,11-16,19,24H2,1H3,(H,33,36)(H,37,38)/b10-9-. The van der Waals surface area contributed by atoms with Gasteiger partial charge in [0, 0.05) is 18.2 Å². The summed E-state index contributed by atoms with van der Waals surface area (Å²) in [6.07, 6.45) is 21.2. The predicted octanol–water partition coefficient (Wildman–Crippen LogP) is 7.86. The zero-order valence-electron chi connectivity index (χ0n) is 25.1. The highest BCUT2D eigenvalue weighted by molar-refractivity contribution is 7.92. The third-order valence-electron chi connectivity index (χ3n) is 7.08. The quantitative estimate of drug-likeness (QED) is 0.0527. The molecule has 11 heteroatoms. The molecule has 0 aliphatic rings. The summed E-state index contributed by atoms with van der Waals surface area (Å²) < 4.78 is 27.9. The number of nitro groups is 1. The van der Waals surface area contributed by atoms with Gasteiger partial charge in [0.1, 0.15) is 0 Å². The van der Waals surface area contributed by atoms with E-state index in [4.69, 9.17) is 0 Å². The first-order valence-electron chi connectivity index (χ1n) is 15.2. The van der Waals surface area contributed by atoms with Gasteiger partial charge in [-0.25, -0.2) is 13.2 Å². The second kappa shape index (κ2) is 19.5. The number of para-hydroxylation sites is 1. The van der Waals surface area contributed by atoms with Gasteiger partial charge in [-0.3, -0.25) is 19.6 Å². The number of hydrogen-bond acceptors (Lipinski definition) is 6. The maximum atomic E-state index is 12.9. The van der Waals surface area contributed by atoms with Crippen LogP contribution in [0.1, 0.15) is 118 Å². The van der Waals surface area contributed by atoms with E-state index in [0.717, 1.165) is 56.4 Å². The highest BCUT2D eigenvalue weighted by Crippen LogP contribution is 2.27. The van der Waals surface area contributed by atoms with Crippen LogP contribution in [-0.2, 0) is 10.0 Å². The van der Waals surface area contributed by atoms with E-state index in [2.05, 4.69) is 29.1 Å². The Bertz CT molecular complexity index is 1330. The Morgan fingerprint density at radius 1 is 0.860 bits per heavy atom. The molecule has 43 heavy (non-hydrogen) atoms. The molecule has 0 saturated heterocycles. The molecule has 0 heterocycles. The predicted molar refractivity (Wildman–Crippen MR) is 169 cm³/mol. The van der Waals surface area contributed by atoms with E-state index < -0.39 is 43.0 Å². The van der Waals surface area contributed by atoms with Gasteiger partial charge in [-0.15, -0.1) is 0 Å². The Balaban J connectivity index is 1.75. The smallest absolute Gasteiger partial charge is 0.337 e. The lowest BCUT2D eigenvalue weighted by atomic mass is 10.1. The van der Waals surface area contributed by atoms with Gasteiger partial charge in [0.05, 0.1) is 16.2 Å². The molecule has 0 radical (unpaired) electrons. The van der Waals surface area contributed by atoms with Crippen molar-refractivity contribution in [1.29, 1.82) is 0 Å². The Labute approximate surface area is 255 Å². The van der Waals surface area contributed by atoms with Crippen molar-refractivity contribution in [3.8, 4) is 0 Å². The summed E-state index contributed by atoms with van der Waals surface area (Å²) in [6, 6.07) is 8.26. The van der Waals surface area contributed by atoms with Gasteiger partial charge in [-0.1, -0.05) is 89.0 Å². The highest BCUT2D eigenvalue weighted by Gasteiger charge is 2.27. The fourth-order valence-electron chi connectivity index (χ4n) is 4.67. The number of carboxylic acids is 1. The number of amides is 1. The third-order valence-corrected chi connectivity index (χ3v) is 8.49. The van der Waals surface area contributed by atoms with E-state index in [1.54, 1.807) is 0 Å². The maximum absolute atomic E-state index is 12.9. The van der Waals surface area contributed by atoms with Crippen LogP contribution >= 0.6 is 0 Å². The fourth-order valence-corrected chi connectivity index (χ4v) is 5.91. The van der Waals surface area contributed by atoms with Crippen molar-refractivity contribution >= 4 is 33.3 Å². The number of anilines is 1. The summed E-state index contributed by atoms with van der Waals surface area (Å²) in [5.41, 5.74) is -1.35. The molecule has 236 valence electrons. The molecule has 2 aromatic rings. The Morgan fingerprint density at radius 3 is 2.05 bits per heavy atom. The number of sulfonamides is 1. The molecule has 0 atom stereocenters. The number of unbranched alkanes of at least 4 members (excludes halogenated alkanes) is 12. The molecule has 0 bridgehead atoms. The van der Waals surface area contributed by atoms with Gasteiger partial charge >= 0.3 is 5.97 Å². The van der Waals surface area contributed by atoms with Crippen LogP contribution in [0.2, 0.25) is 0 Å². The number of carboxylic acid groups (broad SMARTS) is 1.